The number of hydrogen-bond donors (Lipinski definition) is 2. The van der Waals surface area contributed by atoms with Crippen LogP contribution in [0.5, 0.6) is 0 Å². The number of aromatic nitrogens is 3. The first kappa shape index (κ1) is 29.1. The van der Waals surface area contributed by atoms with Crippen molar-refractivity contribution < 1.29 is 27.9 Å². The van der Waals surface area contributed by atoms with E-state index in [1.165, 1.54) is 0 Å². The number of carboxylic acids is 1. The third kappa shape index (κ3) is 4.79. The first-order valence-corrected chi connectivity index (χ1v) is 15.0. The van der Waals surface area contributed by atoms with Crippen LogP contribution in [0.4, 0.5) is 13.2 Å². The molecular formula is C31H36ClF3N4O3. The lowest BCUT2D eigenvalue weighted by molar-refractivity contribution is -0.152. The van der Waals surface area contributed by atoms with Gasteiger partial charge in [-0.3, -0.25) is 14.3 Å². The van der Waals surface area contributed by atoms with Crippen LogP contribution in [0.15, 0.2) is 30.6 Å². The average molecular weight is 605 g/mol. The lowest BCUT2D eigenvalue weighted by Gasteiger charge is -2.35. The van der Waals surface area contributed by atoms with Crippen LogP contribution >= 0.6 is 11.6 Å². The number of alkyl halides is 3. The van der Waals surface area contributed by atoms with Crippen molar-refractivity contribution in [3.63, 3.8) is 0 Å². The molecule has 226 valence electrons. The molecule has 2 heterocycles. The van der Waals surface area contributed by atoms with Gasteiger partial charge in [0.25, 0.3) is 5.91 Å². The molecule has 3 aliphatic carbocycles. The molecule has 0 radical (unpaired) electrons. The standard InChI is InChI=1S/C31H36ClF3N4O3/c1-29(2)21-13-19(14-22(21)29)38(12-9-17-15-36-24-6-4-5-23(32)25(17)24)27(40)20-16-37-39(26(20)31(33,34)35)18-7-10-30(3,11-8-18)28(41)42/h4-6,15-16,18-19,21-22,36H,7-14H2,1-3H3,(H,41,42). The quantitative estimate of drug-likeness (QED) is 0.295. The number of aromatic amines is 1. The summed E-state index contributed by atoms with van der Waals surface area (Å²) in [6, 6.07) is 4.77. The van der Waals surface area contributed by atoms with Gasteiger partial charge in [0, 0.05) is 29.7 Å². The summed E-state index contributed by atoms with van der Waals surface area (Å²) in [7, 11) is 0. The highest BCUT2D eigenvalue weighted by atomic mass is 35.5. The van der Waals surface area contributed by atoms with Gasteiger partial charge in [0.1, 0.15) is 0 Å². The van der Waals surface area contributed by atoms with E-state index in [4.69, 9.17) is 11.6 Å². The van der Waals surface area contributed by atoms with Gasteiger partial charge in [0.05, 0.1) is 28.2 Å². The van der Waals surface area contributed by atoms with Crippen LogP contribution in [0.2, 0.25) is 5.02 Å². The van der Waals surface area contributed by atoms with E-state index in [1.54, 1.807) is 17.9 Å². The Balaban J connectivity index is 1.30. The second kappa shape index (κ2) is 10.0. The van der Waals surface area contributed by atoms with Crippen LogP contribution < -0.4 is 0 Å². The lowest BCUT2D eigenvalue weighted by Crippen LogP contribution is -2.42. The number of amides is 1. The average Bonchev–Trinajstić information content (AvgIpc) is 3.48. The molecule has 1 aromatic carbocycles. The van der Waals surface area contributed by atoms with Crippen molar-refractivity contribution in [3.8, 4) is 0 Å². The second-order valence-electron chi connectivity index (χ2n) is 13.3. The largest absolute Gasteiger partial charge is 0.481 e. The molecule has 2 N–H and O–H groups in total. The number of benzene rings is 1. The van der Waals surface area contributed by atoms with Gasteiger partial charge < -0.3 is 15.0 Å². The maximum atomic E-state index is 14.6. The zero-order chi connectivity index (χ0) is 30.2. The molecule has 7 nitrogen and oxygen atoms in total. The van der Waals surface area contributed by atoms with Gasteiger partial charge in [-0.25, -0.2) is 0 Å². The first-order valence-electron chi connectivity index (χ1n) is 14.7. The number of fused-ring (bicyclic) bond motifs is 2. The number of carbonyl (C=O) groups is 2. The van der Waals surface area contributed by atoms with Gasteiger partial charge in [0.2, 0.25) is 0 Å². The molecule has 11 heteroatoms. The molecule has 3 saturated carbocycles. The fourth-order valence-electron chi connectivity index (χ4n) is 7.76. The number of carboxylic acid groups (broad SMARTS) is 1. The van der Waals surface area contributed by atoms with Gasteiger partial charge in [-0.1, -0.05) is 31.5 Å². The Bertz CT molecular complexity index is 1520. The molecule has 1 amide bonds. The van der Waals surface area contributed by atoms with Crippen LogP contribution in [-0.4, -0.2) is 49.2 Å². The highest BCUT2D eigenvalue weighted by Gasteiger charge is 2.63. The summed E-state index contributed by atoms with van der Waals surface area (Å²) in [5.74, 6) is -0.695. The second-order valence-corrected chi connectivity index (χ2v) is 13.7. The van der Waals surface area contributed by atoms with Crippen LogP contribution in [0.3, 0.4) is 0 Å². The maximum Gasteiger partial charge on any atom is 0.433 e. The number of H-pyrrole nitrogens is 1. The first-order chi connectivity index (χ1) is 19.7. The smallest absolute Gasteiger partial charge is 0.433 e. The van der Waals surface area contributed by atoms with E-state index in [-0.39, 0.29) is 43.7 Å². The molecule has 0 aliphatic heterocycles. The molecular weight excluding hydrogens is 569 g/mol. The van der Waals surface area contributed by atoms with Crippen molar-refractivity contribution >= 4 is 34.4 Å². The summed E-state index contributed by atoms with van der Waals surface area (Å²) < 4.78 is 44.8. The number of halogens is 4. The predicted molar refractivity (Wildman–Crippen MR) is 152 cm³/mol. The molecule has 2 unspecified atom stereocenters. The summed E-state index contributed by atoms with van der Waals surface area (Å²) in [6.07, 6.45) is 1.06. The molecule has 2 aromatic heterocycles. The predicted octanol–water partition coefficient (Wildman–Crippen LogP) is 7.36. The van der Waals surface area contributed by atoms with Crippen molar-refractivity contribution in [1.29, 1.82) is 0 Å². The van der Waals surface area contributed by atoms with Crippen molar-refractivity contribution in [2.75, 3.05) is 6.54 Å². The van der Waals surface area contributed by atoms with Crippen molar-refractivity contribution in [1.82, 2.24) is 19.7 Å². The van der Waals surface area contributed by atoms with Crippen molar-refractivity contribution in [3.05, 3.63) is 52.4 Å². The van der Waals surface area contributed by atoms with Crippen LogP contribution in [0.1, 0.15) is 87.0 Å². The highest BCUT2D eigenvalue weighted by Crippen LogP contribution is 2.67. The van der Waals surface area contributed by atoms with E-state index in [9.17, 15) is 27.9 Å². The Hall–Kier alpha value is -3.01. The Morgan fingerprint density at radius 2 is 1.83 bits per heavy atom. The zero-order valence-corrected chi connectivity index (χ0v) is 24.7. The van der Waals surface area contributed by atoms with Gasteiger partial charge in [-0.15, -0.1) is 0 Å². The van der Waals surface area contributed by atoms with Crippen LogP contribution in [-0.2, 0) is 17.4 Å². The molecule has 6 rings (SSSR count). The Labute approximate surface area is 247 Å². The normalized spacial score (nSPS) is 28.5. The molecule has 2 atom stereocenters. The van der Waals surface area contributed by atoms with Gasteiger partial charge in [0.15, 0.2) is 5.69 Å². The Kier molecular flexibility index (Phi) is 6.94. The molecule has 0 saturated heterocycles. The Morgan fingerprint density at radius 3 is 2.45 bits per heavy atom. The van der Waals surface area contributed by atoms with Crippen molar-refractivity contribution in [2.45, 2.75) is 84.0 Å². The van der Waals surface area contributed by atoms with E-state index < -0.39 is 40.8 Å². The number of hydrogen-bond acceptors (Lipinski definition) is 3. The minimum atomic E-state index is -4.80. The lowest BCUT2D eigenvalue weighted by atomic mass is 9.74. The molecule has 0 spiro atoms. The van der Waals surface area contributed by atoms with E-state index in [0.29, 0.717) is 23.3 Å². The number of carbonyl (C=O) groups excluding carboxylic acids is 1. The number of aliphatic carboxylic acids is 1. The zero-order valence-electron chi connectivity index (χ0n) is 24.0. The van der Waals surface area contributed by atoms with Crippen LogP contribution in [0, 0.1) is 22.7 Å². The van der Waals surface area contributed by atoms with Crippen LogP contribution in [0.25, 0.3) is 10.9 Å². The van der Waals surface area contributed by atoms with E-state index in [0.717, 1.165) is 40.2 Å². The minimum absolute atomic E-state index is 0.156. The summed E-state index contributed by atoms with van der Waals surface area (Å²) >= 11 is 6.47. The monoisotopic (exact) mass is 604 g/mol. The van der Waals surface area contributed by atoms with Gasteiger partial charge in [-0.05, 0) is 86.8 Å². The summed E-state index contributed by atoms with van der Waals surface area (Å²) in [4.78, 5) is 30.6. The summed E-state index contributed by atoms with van der Waals surface area (Å²) in [5, 5.41) is 15.1. The fraction of sp³-hybridized carbons (Fsp3) is 0.581. The molecule has 0 bridgehead atoms. The highest BCUT2D eigenvalue weighted by molar-refractivity contribution is 6.35. The summed E-state index contributed by atoms with van der Waals surface area (Å²) in [6.45, 7) is 6.30. The van der Waals surface area contributed by atoms with Gasteiger partial charge in [-0.2, -0.15) is 18.3 Å². The molecule has 3 aromatic rings. The van der Waals surface area contributed by atoms with E-state index >= 15 is 0 Å². The third-order valence-electron chi connectivity index (χ3n) is 10.6. The molecule has 42 heavy (non-hydrogen) atoms. The minimum Gasteiger partial charge on any atom is -0.481 e. The number of nitrogens with zero attached hydrogens (tertiary/aromatic N) is 3. The molecule has 3 aliphatic rings. The topological polar surface area (TPSA) is 91.2 Å². The van der Waals surface area contributed by atoms with E-state index in [1.807, 2.05) is 18.3 Å². The summed E-state index contributed by atoms with van der Waals surface area (Å²) in [5.41, 5.74) is -0.479. The SMILES string of the molecule is CC1(C(=O)O)CCC(n2ncc(C(=O)N(CCc3c[nH]c4cccc(Cl)c34)C3CC4C(C3)C4(C)C)c2C(F)(F)F)CC1. The molecule has 3 fully saturated rings. The number of rotatable bonds is 7. The maximum absolute atomic E-state index is 14.6. The number of nitrogens with one attached hydrogen (secondary N) is 1. The van der Waals surface area contributed by atoms with Gasteiger partial charge >= 0.3 is 12.1 Å². The van der Waals surface area contributed by atoms with Crippen molar-refractivity contribution in [2.24, 2.45) is 22.7 Å². The fourth-order valence-corrected chi connectivity index (χ4v) is 8.05. The van der Waals surface area contributed by atoms with E-state index in [2.05, 4.69) is 23.9 Å². The third-order valence-corrected chi connectivity index (χ3v) is 10.9. The Morgan fingerprint density at radius 1 is 1.17 bits per heavy atom.